The van der Waals surface area contributed by atoms with Gasteiger partial charge in [-0.1, -0.05) is 26.5 Å². The van der Waals surface area contributed by atoms with Gasteiger partial charge in [-0.3, -0.25) is 14.2 Å². The van der Waals surface area contributed by atoms with E-state index in [4.69, 9.17) is 5.73 Å². The number of phenolic OH excluding ortho intramolecular Hbond substituents is 1. The number of fused-ring (bicyclic) bond motifs is 1. The molecule has 0 bridgehead atoms. The normalized spacial score (nSPS) is 14.0. The molecule has 3 N–H and O–H groups in total. The van der Waals surface area contributed by atoms with Gasteiger partial charge in [-0.2, -0.15) is 18.2 Å². The number of carbonyl (C=O) groups excluding carboxylic acids is 1. The number of hydrogen-bond acceptors (Lipinski definition) is 8. The van der Waals surface area contributed by atoms with Crippen molar-refractivity contribution >= 4 is 28.6 Å². The Bertz CT molecular complexity index is 1510. The average molecular weight is 622 g/mol. The van der Waals surface area contributed by atoms with E-state index < -0.39 is 40.2 Å². The molecule has 14 heteroatoms. The van der Waals surface area contributed by atoms with Gasteiger partial charge >= 0.3 is 6.18 Å². The van der Waals surface area contributed by atoms with Crippen LogP contribution in [-0.2, 0) is 11.0 Å². The minimum Gasteiger partial charge on any atom is -0.506 e. The van der Waals surface area contributed by atoms with E-state index in [9.17, 15) is 32.3 Å². The zero-order valence-electron chi connectivity index (χ0n) is 25.4. The van der Waals surface area contributed by atoms with E-state index in [1.807, 2.05) is 18.7 Å². The Kier molecular flexibility index (Phi) is 11.3. The van der Waals surface area contributed by atoms with E-state index in [1.165, 1.54) is 6.08 Å². The number of amides is 1. The second-order valence-corrected chi connectivity index (χ2v) is 10.1. The number of aromatic hydroxyl groups is 1. The molecular formula is C30H39F4N7O3. The summed E-state index contributed by atoms with van der Waals surface area (Å²) in [7, 11) is 0. The van der Waals surface area contributed by atoms with Gasteiger partial charge in [0.2, 0.25) is 11.9 Å². The van der Waals surface area contributed by atoms with Crippen molar-refractivity contribution in [3.63, 3.8) is 0 Å². The van der Waals surface area contributed by atoms with Crippen molar-refractivity contribution in [2.75, 3.05) is 49.9 Å². The highest BCUT2D eigenvalue weighted by atomic mass is 19.4. The van der Waals surface area contributed by atoms with Crippen LogP contribution in [0.2, 0.25) is 0 Å². The molecule has 1 amide bonds. The van der Waals surface area contributed by atoms with Crippen LogP contribution in [0.4, 0.5) is 29.3 Å². The third-order valence-corrected chi connectivity index (χ3v) is 7.70. The van der Waals surface area contributed by atoms with Gasteiger partial charge < -0.3 is 25.5 Å². The number of phenols is 1. The molecule has 1 aliphatic heterocycles. The summed E-state index contributed by atoms with van der Waals surface area (Å²) in [5.74, 6) is -2.17. The molecule has 3 heterocycles. The van der Waals surface area contributed by atoms with Crippen molar-refractivity contribution < 1.29 is 27.5 Å². The Hall–Kier alpha value is -4.20. The van der Waals surface area contributed by atoms with Gasteiger partial charge in [-0.15, -0.1) is 0 Å². The summed E-state index contributed by atoms with van der Waals surface area (Å²) in [6, 6.07) is 3.96. The van der Waals surface area contributed by atoms with Crippen LogP contribution in [0, 0.1) is 5.82 Å². The van der Waals surface area contributed by atoms with Gasteiger partial charge in [0, 0.05) is 32.2 Å². The molecule has 1 fully saturated rings. The number of alkyl halides is 3. The molecule has 0 unspecified atom stereocenters. The number of benzene rings is 1. The number of nitrogen functional groups attached to an aromatic ring is 1. The highest BCUT2D eigenvalue weighted by molar-refractivity contribution is 5.89. The predicted molar refractivity (Wildman–Crippen MR) is 162 cm³/mol. The molecule has 0 radical (unpaired) electrons. The highest BCUT2D eigenvalue weighted by Gasteiger charge is 2.38. The molecule has 10 nitrogen and oxygen atoms in total. The molecule has 1 saturated heterocycles. The maximum absolute atomic E-state index is 14.5. The number of rotatable bonds is 8. The van der Waals surface area contributed by atoms with E-state index in [2.05, 4.69) is 35.3 Å². The van der Waals surface area contributed by atoms with Crippen LogP contribution >= 0.6 is 0 Å². The lowest BCUT2D eigenvalue weighted by Crippen LogP contribution is -2.45. The Morgan fingerprint density at radius 1 is 1.11 bits per heavy atom. The number of anilines is 2. The number of para-hydroxylation sites is 1. The Morgan fingerprint density at radius 2 is 1.73 bits per heavy atom. The van der Waals surface area contributed by atoms with Gasteiger partial charge in [0.05, 0.1) is 5.39 Å². The SMILES string of the molecule is C=CC(=O)N(CC)CC.CCN(CC)C1CCN(c2nc(N)c3cc(C(F)(F)F)n(-c4c(O)cccc4F)c(=O)c3n2)CC1. The molecule has 0 aliphatic carbocycles. The van der Waals surface area contributed by atoms with Crippen molar-refractivity contribution in [3.8, 4) is 11.4 Å². The number of hydrogen-bond donors (Lipinski definition) is 2. The van der Waals surface area contributed by atoms with Crippen LogP contribution < -0.4 is 16.2 Å². The van der Waals surface area contributed by atoms with E-state index in [0.29, 0.717) is 25.2 Å². The van der Waals surface area contributed by atoms with Crippen LogP contribution in [0.15, 0.2) is 41.7 Å². The monoisotopic (exact) mass is 621 g/mol. The number of nitrogens with two attached hydrogens (primary N) is 1. The van der Waals surface area contributed by atoms with E-state index >= 15 is 0 Å². The second kappa shape index (κ2) is 14.5. The Labute approximate surface area is 253 Å². The molecule has 0 atom stereocenters. The first kappa shape index (κ1) is 34.3. The van der Waals surface area contributed by atoms with Gasteiger partial charge in [-0.05, 0) is 64.1 Å². The molecule has 1 aromatic carbocycles. The second-order valence-electron chi connectivity index (χ2n) is 10.1. The fourth-order valence-electron chi connectivity index (χ4n) is 5.33. The van der Waals surface area contributed by atoms with Gasteiger partial charge in [0.25, 0.3) is 5.56 Å². The number of halogens is 4. The minimum atomic E-state index is -5.06. The van der Waals surface area contributed by atoms with Crippen molar-refractivity contribution in [3.05, 3.63) is 58.8 Å². The standard InChI is InChI=1S/C23H26F4N6O2.C7H13NO/c1-3-31(4-2)13-8-10-32(11-9-13)22-29-18-14(20(28)30-22)12-17(23(25,26)27)33(21(18)35)19-15(24)6-5-7-16(19)34;1-4-7(9)8(5-2)6-3/h5-7,12-13,34H,3-4,8-11H2,1-2H3,(H2,28,29,30);4H,1,5-6H2,2-3H3. The third kappa shape index (κ3) is 7.29. The maximum atomic E-state index is 14.5. The largest absolute Gasteiger partial charge is 0.506 e. The van der Waals surface area contributed by atoms with Crippen LogP contribution in [0.3, 0.4) is 0 Å². The fraction of sp³-hybridized carbons (Fsp3) is 0.467. The number of piperidine rings is 1. The third-order valence-electron chi connectivity index (χ3n) is 7.70. The van der Waals surface area contributed by atoms with Crippen molar-refractivity contribution in [2.24, 2.45) is 0 Å². The lowest BCUT2D eigenvalue weighted by Gasteiger charge is -2.37. The maximum Gasteiger partial charge on any atom is 0.431 e. The first-order valence-corrected chi connectivity index (χ1v) is 14.5. The van der Waals surface area contributed by atoms with Crippen molar-refractivity contribution in [2.45, 2.75) is 52.8 Å². The number of nitrogens with zero attached hydrogens (tertiary/aromatic N) is 6. The van der Waals surface area contributed by atoms with E-state index in [-0.39, 0.29) is 27.6 Å². The van der Waals surface area contributed by atoms with E-state index in [1.54, 1.807) is 4.90 Å². The molecule has 4 rings (SSSR count). The summed E-state index contributed by atoms with van der Waals surface area (Å²) < 4.78 is 56.4. The first-order valence-electron chi connectivity index (χ1n) is 14.5. The highest BCUT2D eigenvalue weighted by Crippen LogP contribution is 2.36. The molecule has 2 aromatic heterocycles. The van der Waals surface area contributed by atoms with Crippen molar-refractivity contribution in [1.82, 2.24) is 24.3 Å². The van der Waals surface area contributed by atoms with Crippen LogP contribution in [-0.4, -0.2) is 80.7 Å². The molecule has 1 aliphatic rings. The number of carbonyl (C=O) groups is 1. The average Bonchev–Trinajstić information content (AvgIpc) is 2.99. The van der Waals surface area contributed by atoms with Crippen molar-refractivity contribution in [1.29, 1.82) is 0 Å². The summed E-state index contributed by atoms with van der Waals surface area (Å²) in [5, 5.41) is 9.82. The Balaban J connectivity index is 0.000000512. The van der Waals surface area contributed by atoms with Crippen LogP contribution in [0.1, 0.15) is 46.2 Å². The lowest BCUT2D eigenvalue weighted by atomic mass is 10.0. The summed E-state index contributed by atoms with van der Waals surface area (Å²) in [5.41, 5.74) is 1.92. The van der Waals surface area contributed by atoms with Crippen LogP contribution in [0.5, 0.6) is 5.75 Å². The Morgan fingerprint density at radius 3 is 2.20 bits per heavy atom. The lowest BCUT2D eigenvalue weighted by molar-refractivity contribution is -0.142. The smallest absolute Gasteiger partial charge is 0.431 e. The molecular weight excluding hydrogens is 582 g/mol. The summed E-state index contributed by atoms with van der Waals surface area (Å²) >= 11 is 0. The fourth-order valence-corrected chi connectivity index (χ4v) is 5.33. The first-order chi connectivity index (χ1) is 20.8. The summed E-state index contributed by atoms with van der Waals surface area (Å²) in [4.78, 5) is 38.4. The predicted octanol–water partition coefficient (Wildman–Crippen LogP) is 4.58. The summed E-state index contributed by atoms with van der Waals surface area (Å²) in [6.45, 7) is 16.0. The van der Waals surface area contributed by atoms with Gasteiger partial charge in [0.1, 0.15) is 28.5 Å². The summed E-state index contributed by atoms with van der Waals surface area (Å²) in [6.07, 6.45) is -2.07. The molecule has 240 valence electrons. The zero-order valence-corrected chi connectivity index (χ0v) is 25.4. The number of likely N-dealkylation sites (N-methyl/N-ethyl adjacent to an activating group) is 1. The number of aromatic nitrogens is 3. The topological polar surface area (TPSA) is 121 Å². The van der Waals surface area contributed by atoms with Crippen LogP contribution in [0.25, 0.3) is 16.6 Å². The number of pyridine rings is 1. The van der Waals surface area contributed by atoms with Gasteiger partial charge in [-0.25, -0.2) is 9.37 Å². The molecule has 0 saturated carbocycles. The zero-order chi connectivity index (χ0) is 32.8. The quantitative estimate of drug-likeness (QED) is 0.277. The molecule has 3 aromatic rings. The molecule has 44 heavy (non-hydrogen) atoms. The van der Waals surface area contributed by atoms with Gasteiger partial charge in [0.15, 0.2) is 5.82 Å². The minimum absolute atomic E-state index is 0.0139. The van der Waals surface area contributed by atoms with E-state index in [0.717, 1.165) is 57.2 Å². The molecule has 0 spiro atoms.